The van der Waals surface area contributed by atoms with Crippen LogP contribution in [0.2, 0.25) is 0 Å². The molecule has 0 aliphatic heterocycles. The Bertz CT molecular complexity index is 1040. The summed E-state index contributed by atoms with van der Waals surface area (Å²) in [6, 6.07) is 9.44. The number of benzene rings is 2. The Labute approximate surface area is 197 Å². The van der Waals surface area contributed by atoms with Gasteiger partial charge in [0.25, 0.3) is 11.8 Å². The summed E-state index contributed by atoms with van der Waals surface area (Å²) < 4.78 is 29.4. The monoisotopic (exact) mass is 473 g/mol. The summed E-state index contributed by atoms with van der Waals surface area (Å²) in [7, 11) is 1.45. The van der Waals surface area contributed by atoms with Gasteiger partial charge in [0.05, 0.1) is 25.5 Å². The molecule has 34 heavy (non-hydrogen) atoms. The number of esters is 1. The fourth-order valence-corrected chi connectivity index (χ4v) is 2.86. The van der Waals surface area contributed by atoms with E-state index >= 15 is 0 Å². The molecule has 2 N–H and O–H groups in total. The predicted octanol–water partition coefficient (Wildman–Crippen LogP) is 2.68. The number of hydrogen-bond donors (Lipinski definition) is 2. The number of nitrogens with one attached hydrogen (secondary N) is 2. The highest BCUT2D eigenvalue weighted by molar-refractivity contribution is 5.98. The Kier molecular flexibility index (Phi) is 10.0. The molecule has 0 saturated carbocycles. The minimum atomic E-state index is -0.933. The van der Waals surface area contributed by atoms with Gasteiger partial charge in [0.15, 0.2) is 18.1 Å². The summed E-state index contributed by atoms with van der Waals surface area (Å²) in [6.07, 6.45) is 1.38. The van der Waals surface area contributed by atoms with E-state index in [2.05, 4.69) is 15.8 Å². The number of carbonyl (C=O) groups excluding carboxylic acids is 3. The van der Waals surface area contributed by atoms with Crippen LogP contribution in [-0.4, -0.2) is 50.4 Å². The Morgan fingerprint density at radius 1 is 1.12 bits per heavy atom. The molecule has 1 atom stereocenters. The van der Waals surface area contributed by atoms with Gasteiger partial charge in [-0.05, 0) is 48.7 Å². The fraction of sp³-hybridized carbons (Fsp3) is 0.333. The first-order valence-corrected chi connectivity index (χ1v) is 10.6. The third kappa shape index (κ3) is 7.58. The van der Waals surface area contributed by atoms with Crippen LogP contribution in [0.5, 0.6) is 11.5 Å². The molecular formula is C24H28FN3O6. The van der Waals surface area contributed by atoms with E-state index in [0.29, 0.717) is 17.1 Å². The van der Waals surface area contributed by atoms with E-state index in [9.17, 15) is 18.8 Å². The van der Waals surface area contributed by atoms with E-state index < -0.39 is 29.6 Å². The van der Waals surface area contributed by atoms with Gasteiger partial charge >= 0.3 is 5.97 Å². The van der Waals surface area contributed by atoms with Crippen molar-refractivity contribution in [2.45, 2.75) is 26.8 Å². The molecule has 0 aromatic heterocycles. The summed E-state index contributed by atoms with van der Waals surface area (Å²) in [5.74, 6) is -2.01. The second kappa shape index (κ2) is 12.9. The number of halogens is 1. The number of carbonyl (C=O) groups is 3. The molecule has 2 aromatic rings. The van der Waals surface area contributed by atoms with Crippen molar-refractivity contribution in [1.29, 1.82) is 0 Å². The van der Waals surface area contributed by atoms with Crippen molar-refractivity contribution in [3.63, 3.8) is 0 Å². The molecule has 182 valence electrons. The molecule has 10 heteroatoms. The van der Waals surface area contributed by atoms with E-state index in [1.54, 1.807) is 39.0 Å². The molecule has 0 aliphatic carbocycles. The molecule has 1 unspecified atom stereocenters. The topological polar surface area (TPSA) is 115 Å². The maximum Gasteiger partial charge on any atom is 0.344 e. The molecule has 0 heterocycles. The summed E-state index contributed by atoms with van der Waals surface area (Å²) in [5.41, 5.74) is 2.81. The van der Waals surface area contributed by atoms with Crippen LogP contribution < -0.4 is 20.2 Å². The number of nitrogens with zero attached hydrogens (tertiary/aromatic N) is 1. The number of methoxy groups -OCH3 is 1. The highest BCUT2D eigenvalue weighted by Gasteiger charge is 2.25. The van der Waals surface area contributed by atoms with Crippen molar-refractivity contribution in [1.82, 2.24) is 10.7 Å². The molecule has 0 radical (unpaired) electrons. The molecule has 0 fully saturated rings. The number of rotatable bonds is 11. The Morgan fingerprint density at radius 2 is 1.85 bits per heavy atom. The molecule has 2 amide bonds. The van der Waals surface area contributed by atoms with E-state index in [1.165, 1.54) is 37.6 Å². The summed E-state index contributed by atoms with van der Waals surface area (Å²) >= 11 is 0. The molecule has 0 spiro atoms. The van der Waals surface area contributed by atoms with E-state index in [-0.39, 0.29) is 24.7 Å². The van der Waals surface area contributed by atoms with Crippen molar-refractivity contribution in [2.75, 3.05) is 20.3 Å². The zero-order valence-corrected chi connectivity index (χ0v) is 19.5. The van der Waals surface area contributed by atoms with Gasteiger partial charge in [0.1, 0.15) is 11.9 Å². The van der Waals surface area contributed by atoms with Crippen molar-refractivity contribution in [3.05, 3.63) is 59.4 Å². The number of ether oxygens (including phenoxy) is 3. The van der Waals surface area contributed by atoms with Gasteiger partial charge in [-0.3, -0.25) is 9.59 Å². The van der Waals surface area contributed by atoms with Crippen LogP contribution in [-0.2, 0) is 14.3 Å². The largest absolute Gasteiger partial charge is 0.493 e. The quantitative estimate of drug-likeness (QED) is 0.295. The van der Waals surface area contributed by atoms with Crippen molar-refractivity contribution < 1.29 is 33.0 Å². The van der Waals surface area contributed by atoms with Crippen LogP contribution in [0.25, 0.3) is 0 Å². The van der Waals surface area contributed by atoms with Crippen molar-refractivity contribution in [2.24, 2.45) is 11.0 Å². The fourth-order valence-electron chi connectivity index (χ4n) is 2.86. The SMILES string of the molecule is CCOC(=O)COc1ccc(/C=N/NC(=O)C(NC(=O)c2ccccc2F)C(C)C)cc1OC. The maximum absolute atomic E-state index is 13.9. The Hall–Kier alpha value is -3.95. The molecule has 2 rings (SSSR count). The first-order valence-electron chi connectivity index (χ1n) is 10.6. The van der Waals surface area contributed by atoms with E-state index in [0.717, 1.165) is 0 Å². The Morgan fingerprint density at radius 3 is 2.50 bits per heavy atom. The maximum atomic E-state index is 13.9. The van der Waals surface area contributed by atoms with Gasteiger partial charge in [-0.2, -0.15) is 5.10 Å². The summed E-state index contributed by atoms with van der Waals surface area (Å²) in [4.78, 5) is 36.4. The van der Waals surface area contributed by atoms with Crippen LogP contribution in [0.4, 0.5) is 4.39 Å². The van der Waals surface area contributed by atoms with E-state index in [4.69, 9.17) is 14.2 Å². The standard InChI is InChI=1S/C24H28FN3O6/c1-5-33-21(29)14-34-19-11-10-16(12-20(19)32-4)13-26-28-24(31)22(15(2)3)27-23(30)17-8-6-7-9-18(17)25/h6-13,15,22H,5,14H2,1-4H3,(H,27,30)(H,28,31)/b26-13+. The average Bonchev–Trinajstić information content (AvgIpc) is 2.81. The second-order valence-corrected chi connectivity index (χ2v) is 7.41. The number of hydrazone groups is 1. The van der Waals surface area contributed by atoms with Gasteiger partial charge in [0.2, 0.25) is 0 Å². The summed E-state index contributed by atoms with van der Waals surface area (Å²) in [5, 5.41) is 6.47. The average molecular weight is 474 g/mol. The smallest absolute Gasteiger partial charge is 0.344 e. The zero-order valence-electron chi connectivity index (χ0n) is 19.5. The van der Waals surface area contributed by atoms with Crippen LogP contribution in [0, 0.1) is 11.7 Å². The van der Waals surface area contributed by atoms with Gasteiger partial charge in [-0.25, -0.2) is 14.6 Å². The van der Waals surface area contributed by atoms with Gasteiger partial charge < -0.3 is 19.5 Å². The lowest BCUT2D eigenvalue weighted by molar-refractivity contribution is -0.145. The van der Waals surface area contributed by atoms with Crippen LogP contribution in [0.3, 0.4) is 0 Å². The predicted molar refractivity (Wildman–Crippen MR) is 123 cm³/mol. The highest BCUT2D eigenvalue weighted by Crippen LogP contribution is 2.27. The molecule has 0 aliphatic rings. The first kappa shape index (κ1) is 26.3. The molecule has 2 aromatic carbocycles. The first-order chi connectivity index (χ1) is 16.3. The zero-order chi connectivity index (χ0) is 25.1. The normalized spacial score (nSPS) is 11.7. The van der Waals surface area contributed by atoms with Crippen molar-refractivity contribution in [3.8, 4) is 11.5 Å². The van der Waals surface area contributed by atoms with Gasteiger partial charge in [0, 0.05) is 0 Å². The van der Waals surface area contributed by atoms with Crippen LogP contribution in [0.1, 0.15) is 36.7 Å². The molecular weight excluding hydrogens is 445 g/mol. The van der Waals surface area contributed by atoms with Crippen molar-refractivity contribution >= 4 is 24.0 Å². The minimum absolute atomic E-state index is 0.151. The lowest BCUT2D eigenvalue weighted by Gasteiger charge is -2.20. The highest BCUT2D eigenvalue weighted by atomic mass is 19.1. The lowest BCUT2D eigenvalue weighted by Crippen LogP contribution is -2.48. The third-order valence-electron chi connectivity index (χ3n) is 4.58. The number of hydrogen-bond acceptors (Lipinski definition) is 7. The van der Waals surface area contributed by atoms with Crippen LogP contribution >= 0.6 is 0 Å². The van der Waals surface area contributed by atoms with Gasteiger partial charge in [-0.1, -0.05) is 26.0 Å². The second-order valence-electron chi connectivity index (χ2n) is 7.41. The lowest BCUT2D eigenvalue weighted by atomic mass is 10.0. The Balaban J connectivity index is 2.01. The molecule has 0 saturated heterocycles. The number of amides is 2. The van der Waals surface area contributed by atoms with E-state index in [1.807, 2.05) is 0 Å². The van der Waals surface area contributed by atoms with Gasteiger partial charge in [-0.15, -0.1) is 0 Å². The van der Waals surface area contributed by atoms with Crippen LogP contribution in [0.15, 0.2) is 47.6 Å². The molecule has 0 bridgehead atoms. The molecule has 9 nitrogen and oxygen atoms in total. The summed E-state index contributed by atoms with van der Waals surface area (Å²) in [6.45, 7) is 5.19. The third-order valence-corrected chi connectivity index (χ3v) is 4.58. The minimum Gasteiger partial charge on any atom is -0.493 e.